The highest BCUT2D eigenvalue weighted by Gasteiger charge is 2.14. The molecule has 0 bridgehead atoms. The normalized spacial score (nSPS) is 14.3. The highest BCUT2D eigenvalue weighted by atomic mass is 16.1. The molecule has 0 unspecified atom stereocenters. The Morgan fingerprint density at radius 3 is 2.67 bits per heavy atom. The van der Waals surface area contributed by atoms with Crippen LogP contribution in [-0.2, 0) is 0 Å². The summed E-state index contributed by atoms with van der Waals surface area (Å²) in [5, 5.41) is 0.806. The fourth-order valence-corrected chi connectivity index (χ4v) is 2.19. The van der Waals surface area contributed by atoms with Crippen molar-refractivity contribution in [3.05, 3.63) is 48.0 Å². The molecule has 1 aromatic heterocycles. The molecule has 1 aliphatic rings. The standard InChI is InChI=1S/C14H13N3O/c15-14(18)11-9-13(17-7-3-4-8-17)16-12-6-2-1-5-10(11)12/h1-6,9H,7-8H2,(H2,15,18). The van der Waals surface area contributed by atoms with Crippen LogP contribution >= 0.6 is 0 Å². The SMILES string of the molecule is NC(=O)c1cc(N2CC=CC2)nc2ccccc12. The number of primary amides is 1. The molecule has 2 N–H and O–H groups in total. The Morgan fingerprint density at radius 2 is 1.94 bits per heavy atom. The summed E-state index contributed by atoms with van der Waals surface area (Å²) in [4.78, 5) is 18.2. The Morgan fingerprint density at radius 1 is 1.22 bits per heavy atom. The summed E-state index contributed by atoms with van der Waals surface area (Å²) in [6.45, 7) is 1.65. The number of aromatic nitrogens is 1. The summed E-state index contributed by atoms with van der Waals surface area (Å²) in [5.74, 6) is 0.384. The number of amides is 1. The second-order valence-corrected chi connectivity index (χ2v) is 4.29. The molecule has 1 aromatic carbocycles. The molecule has 3 rings (SSSR count). The van der Waals surface area contributed by atoms with Crippen LogP contribution in [0.4, 0.5) is 5.82 Å². The van der Waals surface area contributed by atoms with Crippen LogP contribution in [0.25, 0.3) is 10.9 Å². The number of rotatable bonds is 2. The molecular weight excluding hydrogens is 226 g/mol. The molecule has 0 saturated carbocycles. The van der Waals surface area contributed by atoms with Crippen molar-refractivity contribution in [1.29, 1.82) is 0 Å². The molecule has 0 spiro atoms. The molecule has 1 amide bonds. The van der Waals surface area contributed by atoms with Gasteiger partial charge in [-0.05, 0) is 12.1 Å². The maximum absolute atomic E-state index is 11.5. The molecule has 0 fully saturated rings. The molecule has 90 valence electrons. The van der Waals surface area contributed by atoms with Gasteiger partial charge in [0.05, 0.1) is 11.1 Å². The first-order valence-corrected chi connectivity index (χ1v) is 5.85. The molecule has 2 heterocycles. The summed E-state index contributed by atoms with van der Waals surface area (Å²) in [6.07, 6.45) is 4.17. The number of carbonyl (C=O) groups excluding carboxylic acids is 1. The van der Waals surface area contributed by atoms with Crippen molar-refractivity contribution in [2.75, 3.05) is 18.0 Å². The van der Waals surface area contributed by atoms with Crippen molar-refractivity contribution in [2.24, 2.45) is 5.73 Å². The minimum atomic E-state index is -0.415. The van der Waals surface area contributed by atoms with Gasteiger partial charge in [-0.2, -0.15) is 0 Å². The number of hydrogen-bond donors (Lipinski definition) is 1. The molecule has 0 aliphatic carbocycles. The fraction of sp³-hybridized carbons (Fsp3) is 0.143. The molecule has 2 aromatic rings. The van der Waals surface area contributed by atoms with E-state index in [2.05, 4.69) is 22.0 Å². The second kappa shape index (κ2) is 4.14. The Balaban J connectivity index is 2.19. The number of nitrogens with zero attached hydrogens (tertiary/aromatic N) is 2. The van der Waals surface area contributed by atoms with E-state index in [9.17, 15) is 4.79 Å². The van der Waals surface area contributed by atoms with Crippen LogP contribution in [0, 0.1) is 0 Å². The van der Waals surface area contributed by atoms with Crippen molar-refractivity contribution in [3.8, 4) is 0 Å². The lowest BCUT2D eigenvalue weighted by molar-refractivity contribution is 0.100. The van der Waals surface area contributed by atoms with Gasteiger partial charge in [0.15, 0.2) is 0 Å². The predicted molar refractivity (Wildman–Crippen MR) is 71.6 cm³/mol. The van der Waals surface area contributed by atoms with Crippen molar-refractivity contribution >= 4 is 22.6 Å². The van der Waals surface area contributed by atoms with E-state index in [1.165, 1.54) is 0 Å². The lowest BCUT2D eigenvalue weighted by Crippen LogP contribution is -2.21. The molecule has 0 atom stereocenters. The summed E-state index contributed by atoms with van der Waals surface area (Å²) in [5.41, 5.74) is 6.78. The number of carbonyl (C=O) groups is 1. The smallest absolute Gasteiger partial charge is 0.249 e. The van der Waals surface area contributed by atoms with E-state index in [0.717, 1.165) is 29.8 Å². The third kappa shape index (κ3) is 1.72. The molecular formula is C14H13N3O. The summed E-state index contributed by atoms with van der Waals surface area (Å²) >= 11 is 0. The zero-order chi connectivity index (χ0) is 12.5. The van der Waals surface area contributed by atoms with Crippen LogP contribution < -0.4 is 10.6 Å². The summed E-state index contributed by atoms with van der Waals surface area (Å²) in [6, 6.07) is 9.33. The zero-order valence-electron chi connectivity index (χ0n) is 9.84. The zero-order valence-corrected chi connectivity index (χ0v) is 9.84. The van der Waals surface area contributed by atoms with Crippen molar-refractivity contribution in [1.82, 2.24) is 4.98 Å². The lowest BCUT2D eigenvalue weighted by atomic mass is 10.1. The third-order valence-electron chi connectivity index (χ3n) is 3.11. The number of fused-ring (bicyclic) bond motifs is 1. The largest absolute Gasteiger partial charge is 0.366 e. The molecule has 0 radical (unpaired) electrons. The Labute approximate surface area is 105 Å². The van der Waals surface area contributed by atoms with Gasteiger partial charge in [0.2, 0.25) is 5.91 Å². The first-order valence-electron chi connectivity index (χ1n) is 5.85. The monoisotopic (exact) mass is 239 g/mol. The van der Waals surface area contributed by atoms with Gasteiger partial charge in [0.1, 0.15) is 5.82 Å². The highest BCUT2D eigenvalue weighted by Crippen LogP contribution is 2.23. The van der Waals surface area contributed by atoms with E-state index in [1.807, 2.05) is 24.3 Å². The Kier molecular flexibility index (Phi) is 2.48. The Hall–Kier alpha value is -2.36. The van der Waals surface area contributed by atoms with E-state index in [1.54, 1.807) is 6.07 Å². The second-order valence-electron chi connectivity index (χ2n) is 4.29. The van der Waals surface area contributed by atoms with Gasteiger partial charge in [-0.1, -0.05) is 30.4 Å². The van der Waals surface area contributed by atoms with Crippen LogP contribution in [0.3, 0.4) is 0 Å². The fourth-order valence-electron chi connectivity index (χ4n) is 2.19. The number of hydrogen-bond acceptors (Lipinski definition) is 3. The van der Waals surface area contributed by atoms with Crippen LogP contribution in [-0.4, -0.2) is 24.0 Å². The van der Waals surface area contributed by atoms with Gasteiger partial charge in [-0.15, -0.1) is 0 Å². The molecule has 0 saturated heterocycles. The quantitative estimate of drug-likeness (QED) is 0.811. The number of pyridine rings is 1. The first kappa shape index (κ1) is 10.8. The van der Waals surface area contributed by atoms with Gasteiger partial charge >= 0.3 is 0 Å². The van der Waals surface area contributed by atoms with Crippen LogP contribution in [0.2, 0.25) is 0 Å². The molecule has 4 heteroatoms. The highest BCUT2D eigenvalue weighted by molar-refractivity contribution is 6.06. The van der Waals surface area contributed by atoms with Gasteiger partial charge < -0.3 is 10.6 Å². The summed E-state index contributed by atoms with van der Waals surface area (Å²) in [7, 11) is 0. The van der Waals surface area contributed by atoms with Gasteiger partial charge in [0.25, 0.3) is 0 Å². The van der Waals surface area contributed by atoms with Crippen molar-refractivity contribution in [2.45, 2.75) is 0 Å². The maximum atomic E-state index is 11.5. The number of nitrogens with two attached hydrogens (primary N) is 1. The van der Waals surface area contributed by atoms with Crippen molar-refractivity contribution in [3.63, 3.8) is 0 Å². The molecule has 1 aliphatic heterocycles. The van der Waals surface area contributed by atoms with Crippen molar-refractivity contribution < 1.29 is 4.79 Å². The average molecular weight is 239 g/mol. The van der Waals surface area contributed by atoms with Crippen LogP contribution in [0.5, 0.6) is 0 Å². The molecule has 4 nitrogen and oxygen atoms in total. The van der Waals surface area contributed by atoms with E-state index in [-0.39, 0.29) is 0 Å². The average Bonchev–Trinajstić information content (AvgIpc) is 2.91. The van der Waals surface area contributed by atoms with E-state index in [0.29, 0.717) is 5.56 Å². The number of benzene rings is 1. The van der Waals surface area contributed by atoms with Crippen LogP contribution in [0.1, 0.15) is 10.4 Å². The van der Waals surface area contributed by atoms with E-state index >= 15 is 0 Å². The minimum absolute atomic E-state index is 0.415. The Bertz CT molecular complexity index is 641. The van der Waals surface area contributed by atoms with Crippen LogP contribution in [0.15, 0.2) is 42.5 Å². The van der Waals surface area contributed by atoms with Gasteiger partial charge in [0, 0.05) is 18.5 Å². The lowest BCUT2D eigenvalue weighted by Gasteiger charge is -2.18. The maximum Gasteiger partial charge on any atom is 0.249 e. The first-order chi connectivity index (χ1) is 8.75. The van der Waals surface area contributed by atoms with Gasteiger partial charge in [-0.25, -0.2) is 4.98 Å². The molecule has 18 heavy (non-hydrogen) atoms. The number of para-hydroxylation sites is 1. The predicted octanol–water partition coefficient (Wildman–Crippen LogP) is 1.71. The minimum Gasteiger partial charge on any atom is -0.366 e. The summed E-state index contributed by atoms with van der Waals surface area (Å²) < 4.78 is 0. The van der Waals surface area contributed by atoms with E-state index in [4.69, 9.17) is 5.73 Å². The van der Waals surface area contributed by atoms with Gasteiger partial charge in [-0.3, -0.25) is 4.79 Å². The number of anilines is 1. The topological polar surface area (TPSA) is 59.2 Å². The third-order valence-corrected chi connectivity index (χ3v) is 3.11. The van der Waals surface area contributed by atoms with E-state index < -0.39 is 5.91 Å².